The van der Waals surface area contributed by atoms with Gasteiger partial charge in [0.15, 0.2) is 11.6 Å². The molecule has 1 amide bonds. The number of nitrogens with zero attached hydrogens (tertiary/aromatic N) is 2. The molecule has 7 nitrogen and oxygen atoms in total. The van der Waals surface area contributed by atoms with Crippen molar-refractivity contribution in [2.24, 2.45) is 0 Å². The standard InChI is InChI=1S/C25H28F2N4O3/c1-34-17-5-6-21-19(13-17)18(7-10-28-21)23(32)15-31-11-8-16(9-12-31)29-14-24(33)30-22-4-2-3-20(26)25(22)27/h2-7,10,13,16,23,29,32H,8-9,11-12,14-15H2,1H3,(H,30,33)/t23-/m0/s1. The third-order valence-electron chi connectivity index (χ3n) is 6.14. The van der Waals surface area contributed by atoms with Crippen molar-refractivity contribution >= 4 is 22.5 Å². The summed E-state index contributed by atoms with van der Waals surface area (Å²) in [6.07, 6.45) is 2.64. The SMILES string of the molecule is COc1ccc2nccc([C@@H](O)CN3CCC(NCC(=O)Nc4cccc(F)c4F)CC3)c2c1. The molecule has 3 aromatic rings. The van der Waals surface area contributed by atoms with E-state index >= 15 is 0 Å². The Labute approximate surface area is 196 Å². The molecule has 2 aromatic carbocycles. The summed E-state index contributed by atoms with van der Waals surface area (Å²) in [5.41, 5.74) is 1.44. The molecule has 0 aliphatic carbocycles. The summed E-state index contributed by atoms with van der Waals surface area (Å²) in [7, 11) is 1.61. The number of hydrogen-bond acceptors (Lipinski definition) is 6. The van der Waals surface area contributed by atoms with E-state index in [9.17, 15) is 18.7 Å². The fourth-order valence-electron chi connectivity index (χ4n) is 4.26. The third kappa shape index (κ3) is 5.67. The number of ether oxygens (including phenoxy) is 1. The molecule has 0 unspecified atom stereocenters. The monoisotopic (exact) mass is 470 g/mol. The Bertz CT molecular complexity index is 1150. The Morgan fingerprint density at radius 3 is 2.79 bits per heavy atom. The van der Waals surface area contributed by atoms with E-state index in [0.29, 0.717) is 12.3 Å². The van der Waals surface area contributed by atoms with Crippen LogP contribution in [-0.4, -0.2) is 60.2 Å². The van der Waals surface area contributed by atoms with Gasteiger partial charge in [0, 0.05) is 24.2 Å². The molecule has 1 saturated heterocycles. The summed E-state index contributed by atoms with van der Waals surface area (Å²) in [6.45, 7) is 2.03. The van der Waals surface area contributed by atoms with Crippen LogP contribution in [0, 0.1) is 11.6 Å². The van der Waals surface area contributed by atoms with Crippen LogP contribution in [0.15, 0.2) is 48.7 Å². The van der Waals surface area contributed by atoms with E-state index < -0.39 is 23.6 Å². The van der Waals surface area contributed by atoms with Crippen LogP contribution in [0.3, 0.4) is 0 Å². The van der Waals surface area contributed by atoms with Gasteiger partial charge < -0.3 is 25.4 Å². The van der Waals surface area contributed by atoms with Gasteiger partial charge >= 0.3 is 0 Å². The first kappa shape index (κ1) is 24.0. The average Bonchev–Trinajstić information content (AvgIpc) is 2.85. The van der Waals surface area contributed by atoms with Crippen molar-refractivity contribution in [1.29, 1.82) is 0 Å². The number of pyridine rings is 1. The number of anilines is 1. The van der Waals surface area contributed by atoms with E-state index in [1.807, 2.05) is 24.3 Å². The number of β-amino-alcohol motifs (C(OH)–C–C–N with tert-alkyl or cyclic N) is 1. The second kappa shape index (κ2) is 10.9. The second-order valence-electron chi connectivity index (χ2n) is 8.40. The number of aliphatic hydroxyl groups excluding tert-OH is 1. The molecule has 0 radical (unpaired) electrons. The van der Waals surface area contributed by atoms with Crippen molar-refractivity contribution in [2.75, 3.05) is 38.6 Å². The van der Waals surface area contributed by atoms with Crippen molar-refractivity contribution in [3.63, 3.8) is 0 Å². The first-order chi connectivity index (χ1) is 16.4. The fourth-order valence-corrected chi connectivity index (χ4v) is 4.26. The van der Waals surface area contributed by atoms with Gasteiger partial charge in [0.2, 0.25) is 5.91 Å². The van der Waals surface area contributed by atoms with Crippen LogP contribution < -0.4 is 15.4 Å². The summed E-state index contributed by atoms with van der Waals surface area (Å²) < 4.78 is 32.3. The number of carbonyl (C=O) groups is 1. The van der Waals surface area contributed by atoms with E-state index in [1.54, 1.807) is 13.3 Å². The van der Waals surface area contributed by atoms with Crippen LogP contribution in [0.2, 0.25) is 0 Å². The summed E-state index contributed by atoms with van der Waals surface area (Å²) in [6, 6.07) is 11.2. The number of piperidine rings is 1. The molecule has 2 heterocycles. The summed E-state index contributed by atoms with van der Waals surface area (Å²) in [4.78, 5) is 18.7. The van der Waals surface area contributed by atoms with E-state index in [-0.39, 0.29) is 18.3 Å². The topological polar surface area (TPSA) is 86.7 Å². The summed E-state index contributed by atoms with van der Waals surface area (Å²) in [5, 5.41) is 17.4. The number of hydrogen-bond donors (Lipinski definition) is 3. The quantitative estimate of drug-likeness (QED) is 0.469. The van der Waals surface area contributed by atoms with Gasteiger partial charge in [-0.2, -0.15) is 0 Å². The zero-order valence-electron chi connectivity index (χ0n) is 18.9. The maximum absolute atomic E-state index is 13.7. The number of amides is 1. The molecule has 180 valence electrons. The minimum Gasteiger partial charge on any atom is -0.497 e. The Kier molecular flexibility index (Phi) is 7.66. The Morgan fingerprint density at radius 2 is 2.03 bits per heavy atom. The lowest BCUT2D eigenvalue weighted by atomic mass is 10.0. The highest BCUT2D eigenvalue weighted by atomic mass is 19.2. The lowest BCUT2D eigenvalue weighted by Crippen LogP contribution is -2.45. The van der Waals surface area contributed by atoms with Gasteiger partial charge in [-0.3, -0.25) is 9.78 Å². The molecule has 0 spiro atoms. The van der Waals surface area contributed by atoms with Gasteiger partial charge in [-0.05, 0) is 67.9 Å². The normalized spacial score (nSPS) is 15.9. The maximum Gasteiger partial charge on any atom is 0.238 e. The van der Waals surface area contributed by atoms with Gasteiger partial charge in [0.05, 0.1) is 31.0 Å². The summed E-state index contributed by atoms with van der Waals surface area (Å²) in [5.74, 6) is -1.78. The number of likely N-dealkylation sites (tertiary alicyclic amines) is 1. The number of fused-ring (bicyclic) bond motifs is 1. The lowest BCUT2D eigenvalue weighted by Gasteiger charge is -2.33. The summed E-state index contributed by atoms with van der Waals surface area (Å²) >= 11 is 0. The first-order valence-electron chi connectivity index (χ1n) is 11.2. The van der Waals surface area contributed by atoms with E-state index in [4.69, 9.17) is 4.74 Å². The molecule has 1 fully saturated rings. The maximum atomic E-state index is 13.7. The van der Waals surface area contributed by atoms with Gasteiger partial charge in [-0.25, -0.2) is 8.78 Å². The van der Waals surface area contributed by atoms with Gasteiger partial charge in [0.1, 0.15) is 5.75 Å². The van der Waals surface area contributed by atoms with Crippen LogP contribution in [0.25, 0.3) is 10.9 Å². The molecule has 1 aliphatic heterocycles. The molecule has 1 aromatic heterocycles. The zero-order valence-corrected chi connectivity index (χ0v) is 18.9. The number of rotatable bonds is 8. The molecular formula is C25H28F2N4O3. The molecule has 34 heavy (non-hydrogen) atoms. The van der Waals surface area contributed by atoms with Crippen LogP contribution in [0.5, 0.6) is 5.75 Å². The van der Waals surface area contributed by atoms with E-state index in [0.717, 1.165) is 48.5 Å². The first-order valence-corrected chi connectivity index (χ1v) is 11.2. The van der Waals surface area contributed by atoms with Crippen LogP contribution >= 0.6 is 0 Å². The minimum atomic E-state index is -1.07. The third-order valence-corrected chi connectivity index (χ3v) is 6.14. The van der Waals surface area contributed by atoms with Crippen molar-refractivity contribution < 1.29 is 23.4 Å². The number of nitrogens with one attached hydrogen (secondary N) is 2. The van der Waals surface area contributed by atoms with Crippen molar-refractivity contribution in [1.82, 2.24) is 15.2 Å². The van der Waals surface area contributed by atoms with Crippen molar-refractivity contribution in [3.05, 3.63) is 65.9 Å². The second-order valence-corrected chi connectivity index (χ2v) is 8.40. The number of aliphatic hydroxyl groups is 1. The predicted molar refractivity (Wildman–Crippen MR) is 126 cm³/mol. The minimum absolute atomic E-state index is 0.00802. The van der Waals surface area contributed by atoms with E-state index in [1.165, 1.54) is 12.1 Å². The molecule has 1 atom stereocenters. The molecule has 1 aliphatic rings. The van der Waals surface area contributed by atoms with Crippen LogP contribution in [0.4, 0.5) is 14.5 Å². The Hall–Kier alpha value is -3.14. The highest BCUT2D eigenvalue weighted by Crippen LogP contribution is 2.27. The highest BCUT2D eigenvalue weighted by molar-refractivity contribution is 5.92. The Morgan fingerprint density at radius 1 is 1.24 bits per heavy atom. The lowest BCUT2D eigenvalue weighted by molar-refractivity contribution is -0.115. The van der Waals surface area contributed by atoms with Crippen molar-refractivity contribution in [3.8, 4) is 5.75 Å². The van der Waals surface area contributed by atoms with E-state index in [2.05, 4.69) is 20.5 Å². The molecule has 3 N–H and O–H groups in total. The highest BCUT2D eigenvalue weighted by Gasteiger charge is 2.23. The van der Waals surface area contributed by atoms with Crippen LogP contribution in [-0.2, 0) is 4.79 Å². The molecule has 0 saturated carbocycles. The zero-order chi connectivity index (χ0) is 24.1. The van der Waals surface area contributed by atoms with Crippen LogP contribution in [0.1, 0.15) is 24.5 Å². The van der Waals surface area contributed by atoms with Gasteiger partial charge in [-0.1, -0.05) is 6.07 Å². The van der Waals surface area contributed by atoms with Gasteiger partial charge in [0.25, 0.3) is 0 Å². The Balaban J connectivity index is 1.26. The number of carbonyl (C=O) groups excluding carboxylic acids is 1. The molecular weight excluding hydrogens is 442 g/mol. The fraction of sp³-hybridized carbons (Fsp3) is 0.360. The predicted octanol–water partition coefficient (Wildman–Crippen LogP) is 3.25. The largest absolute Gasteiger partial charge is 0.497 e. The van der Waals surface area contributed by atoms with Crippen molar-refractivity contribution in [2.45, 2.75) is 25.0 Å². The average molecular weight is 471 g/mol. The molecule has 9 heteroatoms. The number of halogens is 2. The molecule has 0 bridgehead atoms. The molecule has 4 rings (SSSR count). The smallest absolute Gasteiger partial charge is 0.238 e. The number of benzene rings is 2. The van der Waals surface area contributed by atoms with Gasteiger partial charge in [-0.15, -0.1) is 0 Å². The number of methoxy groups -OCH3 is 1. The number of aromatic nitrogens is 1.